The summed E-state index contributed by atoms with van der Waals surface area (Å²) in [4.78, 5) is 12.1. The van der Waals surface area contributed by atoms with Gasteiger partial charge in [0.2, 0.25) is 0 Å². The monoisotopic (exact) mass is 539 g/mol. The van der Waals surface area contributed by atoms with Crippen LogP contribution in [0.1, 0.15) is 97.5 Å². The van der Waals surface area contributed by atoms with Crippen molar-refractivity contribution in [1.29, 1.82) is 0 Å². The van der Waals surface area contributed by atoms with Crippen molar-refractivity contribution >= 4 is 6.09 Å². The van der Waals surface area contributed by atoms with Crippen LogP contribution in [0.15, 0.2) is 30.3 Å². The summed E-state index contributed by atoms with van der Waals surface area (Å²) in [5, 5.41) is 25.3. The van der Waals surface area contributed by atoms with Gasteiger partial charge in [-0.2, -0.15) is 0 Å². The van der Waals surface area contributed by atoms with Gasteiger partial charge in [0.1, 0.15) is 0 Å². The minimum Gasteiger partial charge on any atom is -0.450 e. The summed E-state index contributed by atoms with van der Waals surface area (Å²) in [5.74, 6) is 3.60. The molecular weight excluding hydrogens is 486 g/mol. The van der Waals surface area contributed by atoms with Crippen molar-refractivity contribution in [3.63, 3.8) is 0 Å². The Morgan fingerprint density at radius 2 is 1.74 bits per heavy atom. The van der Waals surface area contributed by atoms with E-state index < -0.39 is 0 Å². The second-order valence-corrected chi connectivity index (χ2v) is 14.2. The highest BCUT2D eigenvalue weighted by Crippen LogP contribution is 2.69. The summed E-state index contributed by atoms with van der Waals surface area (Å²) in [6.45, 7) is 10.7. The number of hydrogen-bond donors (Lipinski definition) is 3. The van der Waals surface area contributed by atoms with Crippen molar-refractivity contribution in [2.24, 2.45) is 52.3 Å². The highest BCUT2D eigenvalue weighted by Gasteiger charge is 2.64. The normalized spacial score (nSPS) is 42.1. The zero-order valence-corrected chi connectivity index (χ0v) is 24.8. The van der Waals surface area contributed by atoms with E-state index in [1.165, 1.54) is 25.7 Å². The van der Waals surface area contributed by atoms with Gasteiger partial charge in [-0.3, -0.25) is 0 Å². The van der Waals surface area contributed by atoms with Gasteiger partial charge >= 0.3 is 6.09 Å². The number of benzene rings is 1. The van der Waals surface area contributed by atoms with E-state index in [0.717, 1.165) is 44.1 Å². The van der Waals surface area contributed by atoms with Crippen molar-refractivity contribution in [3.8, 4) is 0 Å². The molecule has 218 valence electrons. The zero-order chi connectivity index (χ0) is 27.8. The molecule has 1 aromatic carbocycles. The lowest BCUT2D eigenvalue weighted by atomic mass is 9.41. The summed E-state index contributed by atoms with van der Waals surface area (Å²) in [7, 11) is 0. The molecule has 1 aromatic rings. The van der Waals surface area contributed by atoms with Crippen molar-refractivity contribution in [1.82, 2.24) is 5.32 Å². The van der Waals surface area contributed by atoms with Gasteiger partial charge in [-0.05, 0) is 116 Å². The van der Waals surface area contributed by atoms with Crippen LogP contribution in [0.3, 0.4) is 0 Å². The van der Waals surface area contributed by atoms with Crippen LogP contribution in [-0.4, -0.2) is 35.1 Å². The van der Waals surface area contributed by atoms with Crippen molar-refractivity contribution in [2.75, 3.05) is 6.61 Å². The number of carbonyl (C=O) groups is 1. The average Bonchev–Trinajstić information content (AvgIpc) is 3.29. The van der Waals surface area contributed by atoms with Crippen LogP contribution in [0, 0.1) is 52.3 Å². The molecule has 4 saturated carbocycles. The van der Waals surface area contributed by atoms with E-state index in [0.29, 0.717) is 54.6 Å². The molecule has 0 bridgehead atoms. The standard InChI is InChI=1S/C34H53NO4/c1-5-25-29-20-24(36)15-17-34(29,4)28-16-18-33(3)26(13-14-27(33)30(28)31(25)37)22(2)10-9-19-39-32(38)35-21-23-11-7-6-8-12-23/h6-8,11-12,22,24-31,36-37H,5,9-10,13-21H2,1-4H3,(H,35,38)/t22-,24-,25-,26-,27+,28+,29+,30+,31-,33-,34-/m1/s1. The first kappa shape index (κ1) is 28.9. The Bertz CT molecular complexity index is 969. The molecule has 4 aliphatic carbocycles. The molecule has 4 fully saturated rings. The highest BCUT2D eigenvalue weighted by atomic mass is 16.5. The summed E-state index contributed by atoms with van der Waals surface area (Å²) in [6.07, 6.45) is 10.1. The Morgan fingerprint density at radius 3 is 2.49 bits per heavy atom. The first-order chi connectivity index (χ1) is 18.7. The lowest BCUT2D eigenvalue weighted by Gasteiger charge is -2.64. The molecule has 0 aliphatic heterocycles. The van der Waals surface area contributed by atoms with Crippen LogP contribution in [-0.2, 0) is 11.3 Å². The molecule has 0 heterocycles. The summed E-state index contributed by atoms with van der Waals surface area (Å²) < 4.78 is 5.49. The Morgan fingerprint density at radius 1 is 1.03 bits per heavy atom. The molecule has 5 nitrogen and oxygen atoms in total. The minimum atomic E-state index is -0.337. The lowest BCUT2D eigenvalue weighted by molar-refractivity contribution is -0.203. The smallest absolute Gasteiger partial charge is 0.407 e. The third kappa shape index (κ3) is 5.39. The summed E-state index contributed by atoms with van der Waals surface area (Å²) in [5.41, 5.74) is 1.61. The molecule has 39 heavy (non-hydrogen) atoms. The Balaban J connectivity index is 1.17. The maximum Gasteiger partial charge on any atom is 0.407 e. The topological polar surface area (TPSA) is 78.8 Å². The summed E-state index contributed by atoms with van der Waals surface area (Å²) in [6, 6.07) is 9.91. The molecule has 5 heteroatoms. The molecule has 0 saturated heterocycles. The Labute approximate surface area is 236 Å². The van der Waals surface area contributed by atoms with Gasteiger partial charge in [-0.15, -0.1) is 0 Å². The number of alkyl carbamates (subject to hydrolysis) is 1. The van der Waals surface area contributed by atoms with E-state index in [4.69, 9.17) is 4.74 Å². The van der Waals surface area contributed by atoms with Crippen LogP contribution in [0.2, 0.25) is 0 Å². The molecule has 0 unspecified atom stereocenters. The maximum absolute atomic E-state index is 12.1. The van der Waals surface area contributed by atoms with Gasteiger partial charge < -0.3 is 20.3 Å². The molecule has 1 amide bonds. The van der Waals surface area contributed by atoms with Gasteiger partial charge in [-0.25, -0.2) is 4.79 Å². The van der Waals surface area contributed by atoms with E-state index in [1.807, 2.05) is 30.3 Å². The van der Waals surface area contributed by atoms with Crippen LogP contribution in [0.25, 0.3) is 0 Å². The van der Waals surface area contributed by atoms with E-state index in [2.05, 4.69) is 33.0 Å². The van der Waals surface area contributed by atoms with E-state index in [-0.39, 0.29) is 29.1 Å². The molecule has 5 rings (SSSR count). The van der Waals surface area contributed by atoms with Crippen LogP contribution >= 0.6 is 0 Å². The van der Waals surface area contributed by atoms with E-state index in [1.54, 1.807) is 0 Å². The molecule has 0 aromatic heterocycles. The molecule has 0 spiro atoms. The number of rotatable bonds is 8. The minimum absolute atomic E-state index is 0.189. The third-order valence-corrected chi connectivity index (χ3v) is 12.5. The Hall–Kier alpha value is -1.59. The maximum atomic E-state index is 12.1. The number of carbonyl (C=O) groups excluding carboxylic acids is 1. The van der Waals surface area contributed by atoms with Crippen LogP contribution < -0.4 is 5.32 Å². The molecule has 4 aliphatic rings. The largest absolute Gasteiger partial charge is 0.450 e. The van der Waals surface area contributed by atoms with Gasteiger partial charge in [0, 0.05) is 6.54 Å². The predicted octanol–water partition coefficient (Wildman–Crippen LogP) is 6.96. The van der Waals surface area contributed by atoms with Crippen LogP contribution in [0.4, 0.5) is 4.79 Å². The number of fused-ring (bicyclic) bond motifs is 5. The van der Waals surface area contributed by atoms with E-state index >= 15 is 0 Å². The van der Waals surface area contributed by atoms with Gasteiger partial charge in [0.25, 0.3) is 0 Å². The fourth-order valence-electron chi connectivity index (χ4n) is 10.5. The summed E-state index contributed by atoms with van der Waals surface area (Å²) >= 11 is 0. The second kappa shape index (κ2) is 11.7. The number of aliphatic hydroxyl groups is 2. The molecule has 0 radical (unpaired) electrons. The fraction of sp³-hybridized carbons (Fsp3) is 0.794. The highest BCUT2D eigenvalue weighted by molar-refractivity contribution is 5.67. The zero-order valence-electron chi connectivity index (χ0n) is 24.8. The fourth-order valence-corrected chi connectivity index (χ4v) is 10.5. The molecule has 3 N–H and O–H groups in total. The number of aliphatic hydroxyl groups excluding tert-OH is 2. The quantitative estimate of drug-likeness (QED) is 0.312. The second-order valence-electron chi connectivity index (χ2n) is 14.2. The van der Waals surface area contributed by atoms with Crippen LogP contribution in [0.5, 0.6) is 0 Å². The van der Waals surface area contributed by atoms with Crippen molar-refractivity contribution in [2.45, 2.75) is 111 Å². The lowest BCUT2D eigenvalue weighted by Crippen LogP contribution is -2.62. The average molecular weight is 540 g/mol. The SMILES string of the molecule is CC[C@H]1[C@@H](O)[C@@H]2[C@H](CC[C@]3(C)[C@@H]([C@H](C)CCCOC(=O)NCc4ccccc4)CC[C@@H]23)[C@@]2(C)CC[C@@H](O)C[C@@H]12. The van der Waals surface area contributed by atoms with Crippen molar-refractivity contribution < 1.29 is 19.7 Å². The van der Waals surface area contributed by atoms with E-state index in [9.17, 15) is 15.0 Å². The first-order valence-electron chi connectivity index (χ1n) is 16.0. The number of amides is 1. The van der Waals surface area contributed by atoms with Gasteiger partial charge in [0.15, 0.2) is 0 Å². The first-order valence-corrected chi connectivity index (χ1v) is 16.0. The third-order valence-electron chi connectivity index (χ3n) is 12.5. The molecular formula is C34H53NO4. The van der Waals surface area contributed by atoms with Gasteiger partial charge in [0.05, 0.1) is 18.8 Å². The number of ether oxygens (including phenoxy) is 1. The van der Waals surface area contributed by atoms with Gasteiger partial charge in [-0.1, -0.05) is 64.4 Å². The Kier molecular flexibility index (Phi) is 8.69. The number of hydrogen-bond acceptors (Lipinski definition) is 4. The van der Waals surface area contributed by atoms with Crippen molar-refractivity contribution in [3.05, 3.63) is 35.9 Å². The number of nitrogens with one attached hydrogen (secondary N) is 1. The molecule has 11 atom stereocenters. The predicted molar refractivity (Wildman–Crippen MR) is 155 cm³/mol.